The molecular formula is C23H20N2O3. The van der Waals surface area contributed by atoms with Crippen LogP contribution in [0.2, 0.25) is 0 Å². The van der Waals surface area contributed by atoms with Gasteiger partial charge in [-0.15, -0.1) is 5.10 Å². The number of hydrogen-bond acceptors (Lipinski definition) is 5. The maximum Gasteiger partial charge on any atom is 0.213 e. The molecule has 0 aliphatic heterocycles. The minimum absolute atomic E-state index is 0.0283. The average Bonchev–Trinajstić information content (AvgIpc) is 2.73. The Bertz CT molecular complexity index is 997. The van der Waals surface area contributed by atoms with E-state index in [2.05, 4.69) is 10.2 Å². The number of benzene rings is 3. The highest BCUT2D eigenvalue weighted by atomic mass is 16.5. The van der Waals surface area contributed by atoms with Gasteiger partial charge in [0.1, 0.15) is 17.2 Å². The average molecular weight is 372 g/mol. The lowest BCUT2D eigenvalue weighted by atomic mass is 10.0. The zero-order chi connectivity index (χ0) is 19.8. The lowest BCUT2D eigenvalue weighted by Crippen LogP contribution is -2.15. The molecule has 0 spiro atoms. The molecule has 140 valence electrons. The molecule has 3 rings (SSSR count). The Morgan fingerprint density at radius 3 is 2.21 bits per heavy atom. The van der Waals surface area contributed by atoms with Crippen molar-refractivity contribution in [3.8, 4) is 11.5 Å². The topological polar surface area (TPSA) is 71.2 Å². The Labute approximate surface area is 163 Å². The Kier molecular flexibility index (Phi) is 6.31. The van der Waals surface area contributed by atoms with Gasteiger partial charge in [-0.25, -0.2) is 0 Å². The largest absolute Gasteiger partial charge is 0.507 e. The highest BCUT2D eigenvalue weighted by Gasteiger charge is 2.16. The van der Waals surface area contributed by atoms with E-state index in [9.17, 15) is 9.90 Å². The van der Waals surface area contributed by atoms with E-state index in [-0.39, 0.29) is 17.2 Å². The Morgan fingerprint density at radius 1 is 0.964 bits per heavy atom. The standard InChI is InChI=1S/C23H20N2O3/c1-2-28-20-14-13-19(21(26)15-20)16-24-25-22(17-9-5-3-6-10-17)23(27)18-11-7-4-8-12-18/h3-16,26H,2H2,1H3. The number of carbonyl (C=O) groups excluding carboxylic acids is 1. The molecule has 3 aromatic carbocycles. The van der Waals surface area contributed by atoms with Gasteiger partial charge in [0.15, 0.2) is 0 Å². The maximum atomic E-state index is 12.9. The first kappa shape index (κ1) is 19.0. The summed E-state index contributed by atoms with van der Waals surface area (Å²) in [6.07, 6.45) is 1.41. The predicted molar refractivity (Wildman–Crippen MR) is 111 cm³/mol. The molecule has 28 heavy (non-hydrogen) atoms. The van der Waals surface area contributed by atoms with Crippen molar-refractivity contribution in [3.63, 3.8) is 0 Å². The summed E-state index contributed by atoms with van der Waals surface area (Å²) < 4.78 is 5.35. The van der Waals surface area contributed by atoms with Crippen molar-refractivity contribution in [3.05, 3.63) is 95.6 Å². The second-order valence-electron chi connectivity index (χ2n) is 5.91. The summed E-state index contributed by atoms with van der Waals surface area (Å²) in [5.74, 6) is 0.380. The van der Waals surface area contributed by atoms with Crippen molar-refractivity contribution in [2.75, 3.05) is 6.61 Å². The van der Waals surface area contributed by atoms with Crippen molar-refractivity contribution in [1.82, 2.24) is 0 Å². The summed E-state index contributed by atoms with van der Waals surface area (Å²) in [6, 6.07) is 23.0. The number of aromatic hydroxyl groups is 1. The number of phenols is 1. The molecule has 0 saturated heterocycles. The van der Waals surface area contributed by atoms with Crippen LogP contribution in [0.1, 0.15) is 28.4 Å². The summed E-state index contributed by atoms with van der Waals surface area (Å²) in [6.45, 7) is 2.38. The molecular weight excluding hydrogens is 352 g/mol. The van der Waals surface area contributed by atoms with Gasteiger partial charge >= 0.3 is 0 Å². The van der Waals surface area contributed by atoms with E-state index in [1.165, 1.54) is 12.3 Å². The van der Waals surface area contributed by atoms with Crippen LogP contribution in [0.4, 0.5) is 0 Å². The van der Waals surface area contributed by atoms with Gasteiger partial charge in [-0.2, -0.15) is 5.10 Å². The third-order valence-electron chi connectivity index (χ3n) is 3.97. The van der Waals surface area contributed by atoms with E-state index >= 15 is 0 Å². The zero-order valence-electron chi connectivity index (χ0n) is 15.4. The van der Waals surface area contributed by atoms with Gasteiger partial charge in [-0.1, -0.05) is 60.7 Å². The molecule has 3 aromatic rings. The van der Waals surface area contributed by atoms with E-state index in [1.54, 1.807) is 36.4 Å². The van der Waals surface area contributed by atoms with Crippen molar-refractivity contribution < 1.29 is 14.6 Å². The molecule has 5 nitrogen and oxygen atoms in total. The Hall–Kier alpha value is -3.73. The van der Waals surface area contributed by atoms with Crippen molar-refractivity contribution in [2.24, 2.45) is 10.2 Å². The third kappa shape index (κ3) is 4.71. The van der Waals surface area contributed by atoms with Crippen molar-refractivity contribution in [1.29, 1.82) is 0 Å². The maximum absolute atomic E-state index is 12.9. The lowest BCUT2D eigenvalue weighted by Gasteiger charge is -2.05. The number of Topliss-reactive ketones (excluding diaryl/α,β-unsaturated/α-hetero) is 1. The molecule has 0 bridgehead atoms. The van der Waals surface area contributed by atoms with Crippen LogP contribution in [0.5, 0.6) is 11.5 Å². The molecule has 0 unspecified atom stereocenters. The van der Waals surface area contributed by atoms with Crippen LogP contribution < -0.4 is 4.74 Å². The molecule has 0 saturated carbocycles. The minimum Gasteiger partial charge on any atom is -0.507 e. The fraction of sp³-hybridized carbons (Fsp3) is 0.0870. The molecule has 0 heterocycles. The Morgan fingerprint density at radius 2 is 1.61 bits per heavy atom. The van der Waals surface area contributed by atoms with Gasteiger partial charge in [0.25, 0.3) is 0 Å². The first-order valence-electron chi connectivity index (χ1n) is 8.91. The van der Waals surface area contributed by atoms with Gasteiger partial charge in [-0.3, -0.25) is 4.79 Å². The van der Waals surface area contributed by atoms with Crippen LogP contribution in [0.25, 0.3) is 0 Å². The number of hydrogen-bond donors (Lipinski definition) is 1. The lowest BCUT2D eigenvalue weighted by molar-refractivity contribution is 0.106. The second kappa shape index (κ2) is 9.28. The smallest absolute Gasteiger partial charge is 0.213 e. The number of nitrogens with zero attached hydrogens (tertiary/aromatic N) is 2. The summed E-state index contributed by atoms with van der Waals surface area (Å²) in [4.78, 5) is 12.9. The van der Waals surface area contributed by atoms with Crippen LogP contribution >= 0.6 is 0 Å². The number of carbonyl (C=O) groups is 1. The molecule has 0 radical (unpaired) electrons. The monoisotopic (exact) mass is 372 g/mol. The normalized spacial score (nSPS) is 11.5. The fourth-order valence-corrected chi connectivity index (χ4v) is 2.59. The van der Waals surface area contributed by atoms with Gasteiger partial charge in [0.2, 0.25) is 5.78 Å². The molecule has 0 amide bonds. The summed E-state index contributed by atoms with van der Waals surface area (Å²) >= 11 is 0. The van der Waals surface area contributed by atoms with E-state index in [1.807, 2.05) is 43.3 Å². The minimum atomic E-state index is -0.222. The van der Waals surface area contributed by atoms with E-state index in [4.69, 9.17) is 4.74 Å². The fourth-order valence-electron chi connectivity index (χ4n) is 2.59. The van der Waals surface area contributed by atoms with Gasteiger partial charge in [0.05, 0.1) is 12.8 Å². The number of rotatable bonds is 7. The molecule has 0 fully saturated rings. The molecule has 0 aliphatic carbocycles. The number of phenolic OH excluding ortho intramolecular Hbond substituents is 1. The molecule has 1 N–H and O–H groups in total. The van der Waals surface area contributed by atoms with Gasteiger partial charge in [-0.05, 0) is 19.1 Å². The molecule has 0 aliphatic rings. The summed E-state index contributed by atoms with van der Waals surface area (Å²) in [5, 5.41) is 18.3. The van der Waals surface area contributed by atoms with E-state index in [0.29, 0.717) is 29.0 Å². The van der Waals surface area contributed by atoms with Gasteiger partial charge in [0, 0.05) is 22.8 Å². The summed E-state index contributed by atoms with van der Waals surface area (Å²) in [5.41, 5.74) is 1.91. The van der Waals surface area contributed by atoms with Crippen LogP contribution in [-0.4, -0.2) is 29.4 Å². The SMILES string of the molecule is CCOc1ccc(C=NN=C(C(=O)c2ccccc2)c2ccccc2)c(O)c1. The predicted octanol–water partition coefficient (Wildman–Crippen LogP) is 4.50. The van der Waals surface area contributed by atoms with Gasteiger partial charge < -0.3 is 9.84 Å². The van der Waals surface area contributed by atoms with E-state index in [0.717, 1.165) is 0 Å². The van der Waals surface area contributed by atoms with Crippen molar-refractivity contribution in [2.45, 2.75) is 6.92 Å². The number of ether oxygens (including phenoxy) is 1. The summed E-state index contributed by atoms with van der Waals surface area (Å²) in [7, 11) is 0. The number of ketones is 1. The quantitative estimate of drug-likeness (QED) is 0.377. The van der Waals surface area contributed by atoms with Crippen LogP contribution in [-0.2, 0) is 0 Å². The third-order valence-corrected chi connectivity index (χ3v) is 3.97. The van der Waals surface area contributed by atoms with Crippen LogP contribution in [0, 0.1) is 0 Å². The van der Waals surface area contributed by atoms with E-state index < -0.39 is 0 Å². The van der Waals surface area contributed by atoms with Crippen LogP contribution in [0.15, 0.2) is 89.1 Å². The highest BCUT2D eigenvalue weighted by molar-refractivity contribution is 6.51. The van der Waals surface area contributed by atoms with Crippen molar-refractivity contribution >= 4 is 17.7 Å². The zero-order valence-corrected chi connectivity index (χ0v) is 15.4. The Balaban J connectivity index is 1.91. The molecule has 0 aromatic heterocycles. The first-order valence-corrected chi connectivity index (χ1v) is 8.91. The molecule has 0 atom stereocenters. The second-order valence-corrected chi connectivity index (χ2v) is 5.91. The first-order chi connectivity index (χ1) is 13.7. The molecule has 5 heteroatoms. The van der Waals surface area contributed by atoms with Crippen LogP contribution in [0.3, 0.4) is 0 Å². The highest BCUT2D eigenvalue weighted by Crippen LogP contribution is 2.22.